The minimum atomic E-state index is -0.821. The first-order valence-corrected chi connectivity index (χ1v) is 7.09. The van der Waals surface area contributed by atoms with Crippen LogP contribution in [0.4, 0.5) is 0 Å². The number of aliphatic carboxylic acids is 1. The molecule has 1 aliphatic rings. The SMILES string of the molecule is CCC1CCCN(C(C)CC(C)(NC)C(=O)O)C1. The van der Waals surface area contributed by atoms with Gasteiger partial charge in [-0.2, -0.15) is 0 Å². The maximum absolute atomic E-state index is 11.3. The number of carboxylic acids is 1. The zero-order chi connectivity index (χ0) is 13.8. The van der Waals surface area contributed by atoms with Crippen LogP contribution in [0.25, 0.3) is 0 Å². The fourth-order valence-corrected chi connectivity index (χ4v) is 2.85. The zero-order valence-electron chi connectivity index (χ0n) is 12.2. The fourth-order valence-electron chi connectivity index (χ4n) is 2.85. The molecule has 3 unspecified atom stereocenters. The Bertz CT molecular complexity index is 283. The van der Waals surface area contributed by atoms with Gasteiger partial charge in [-0.05, 0) is 52.6 Å². The van der Waals surface area contributed by atoms with Crippen LogP contribution in [0.5, 0.6) is 0 Å². The molecule has 1 fully saturated rings. The van der Waals surface area contributed by atoms with E-state index in [1.165, 1.54) is 19.3 Å². The number of hydrogen-bond donors (Lipinski definition) is 2. The third kappa shape index (κ3) is 3.69. The highest BCUT2D eigenvalue weighted by molar-refractivity contribution is 5.78. The van der Waals surface area contributed by atoms with Crippen molar-refractivity contribution >= 4 is 5.97 Å². The number of likely N-dealkylation sites (N-methyl/N-ethyl adjacent to an activating group) is 1. The highest BCUT2D eigenvalue weighted by Gasteiger charge is 2.35. The summed E-state index contributed by atoms with van der Waals surface area (Å²) in [4.78, 5) is 13.8. The maximum Gasteiger partial charge on any atom is 0.323 e. The van der Waals surface area contributed by atoms with Crippen molar-refractivity contribution in [1.29, 1.82) is 0 Å². The van der Waals surface area contributed by atoms with Gasteiger partial charge in [0.1, 0.15) is 5.54 Å². The van der Waals surface area contributed by atoms with Crippen LogP contribution in [0.1, 0.15) is 46.5 Å². The summed E-state index contributed by atoms with van der Waals surface area (Å²) >= 11 is 0. The molecule has 0 bridgehead atoms. The predicted octanol–water partition coefficient (Wildman–Crippen LogP) is 1.95. The monoisotopic (exact) mass is 256 g/mol. The fraction of sp³-hybridized carbons (Fsp3) is 0.929. The van der Waals surface area contributed by atoms with Gasteiger partial charge in [0.05, 0.1) is 0 Å². The minimum absolute atomic E-state index is 0.313. The molecule has 0 amide bonds. The molecule has 2 N–H and O–H groups in total. The van der Waals surface area contributed by atoms with Crippen molar-refractivity contribution in [3.8, 4) is 0 Å². The molecule has 0 saturated carbocycles. The molecule has 0 aromatic carbocycles. The number of rotatable bonds is 6. The minimum Gasteiger partial charge on any atom is -0.480 e. The predicted molar refractivity (Wildman–Crippen MR) is 73.8 cm³/mol. The molecule has 0 radical (unpaired) electrons. The normalized spacial score (nSPS) is 26.6. The molecular weight excluding hydrogens is 228 g/mol. The van der Waals surface area contributed by atoms with Crippen LogP contribution in [0, 0.1) is 5.92 Å². The second kappa shape index (κ2) is 6.53. The number of hydrogen-bond acceptors (Lipinski definition) is 3. The lowest BCUT2D eigenvalue weighted by atomic mass is 9.90. The van der Waals surface area contributed by atoms with Crippen LogP contribution >= 0.6 is 0 Å². The van der Waals surface area contributed by atoms with Gasteiger partial charge in [0.25, 0.3) is 0 Å². The average molecular weight is 256 g/mol. The van der Waals surface area contributed by atoms with E-state index in [9.17, 15) is 9.90 Å². The van der Waals surface area contributed by atoms with Crippen molar-refractivity contribution in [3.63, 3.8) is 0 Å². The summed E-state index contributed by atoms with van der Waals surface area (Å²) in [5, 5.41) is 12.2. The van der Waals surface area contributed by atoms with Crippen LogP contribution in [-0.2, 0) is 4.79 Å². The molecule has 1 rings (SSSR count). The first-order chi connectivity index (χ1) is 8.42. The molecule has 0 aliphatic carbocycles. The average Bonchev–Trinajstić information content (AvgIpc) is 2.38. The molecule has 0 aromatic heterocycles. The molecule has 0 spiro atoms. The molecule has 106 valence electrons. The molecule has 1 heterocycles. The van der Waals surface area contributed by atoms with Gasteiger partial charge in [0, 0.05) is 12.6 Å². The van der Waals surface area contributed by atoms with Gasteiger partial charge in [0.2, 0.25) is 0 Å². The topological polar surface area (TPSA) is 52.6 Å². The summed E-state index contributed by atoms with van der Waals surface area (Å²) in [6, 6.07) is 0.313. The number of nitrogens with one attached hydrogen (secondary N) is 1. The number of piperidine rings is 1. The van der Waals surface area contributed by atoms with E-state index < -0.39 is 11.5 Å². The van der Waals surface area contributed by atoms with Crippen LogP contribution in [-0.4, -0.2) is 47.7 Å². The Morgan fingerprint density at radius 1 is 1.61 bits per heavy atom. The second-order valence-corrected chi connectivity index (χ2v) is 5.85. The van der Waals surface area contributed by atoms with Crippen molar-refractivity contribution in [2.24, 2.45) is 5.92 Å². The van der Waals surface area contributed by atoms with Gasteiger partial charge in [-0.1, -0.05) is 13.3 Å². The lowest BCUT2D eigenvalue weighted by Gasteiger charge is -2.39. The van der Waals surface area contributed by atoms with E-state index in [1.54, 1.807) is 14.0 Å². The Morgan fingerprint density at radius 3 is 2.78 bits per heavy atom. The van der Waals surface area contributed by atoms with Crippen LogP contribution in [0.2, 0.25) is 0 Å². The maximum atomic E-state index is 11.3. The second-order valence-electron chi connectivity index (χ2n) is 5.85. The van der Waals surface area contributed by atoms with E-state index in [1.807, 2.05) is 0 Å². The summed E-state index contributed by atoms with van der Waals surface area (Å²) in [7, 11) is 1.73. The molecule has 18 heavy (non-hydrogen) atoms. The Balaban J connectivity index is 2.58. The van der Waals surface area contributed by atoms with Crippen molar-refractivity contribution in [3.05, 3.63) is 0 Å². The molecule has 1 aliphatic heterocycles. The Labute approximate surface area is 111 Å². The number of carbonyl (C=O) groups is 1. The van der Waals surface area contributed by atoms with Crippen LogP contribution < -0.4 is 5.32 Å². The largest absolute Gasteiger partial charge is 0.480 e. The van der Waals surface area contributed by atoms with Gasteiger partial charge in [-0.15, -0.1) is 0 Å². The summed E-state index contributed by atoms with van der Waals surface area (Å²) < 4.78 is 0. The van der Waals surface area contributed by atoms with E-state index in [0.29, 0.717) is 12.5 Å². The van der Waals surface area contributed by atoms with Crippen LogP contribution in [0.3, 0.4) is 0 Å². The van der Waals surface area contributed by atoms with Crippen molar-refractivity contribution in [1.82, 2.24) is 10.2 Å². The van der Waals surface area contributed by atoms with Gasteiger partial charge in [0.15, 0.2) is 0 Å². The number of carboxylic acid groups (broad SMARTS) is 1. The molecule has 1 saturated heterocycles. The molecule has 0 aromatic rings. The van der Waals surface area contributed by atoms with Crippen molar-refractivity contribution in [2.75, 3.05) is 20.1 Å². The molecule has 3 atom stereocenters. The van der Waals surface area contributed by atoms with E-state index >= 15 is 0 Å². The lowest BCUT2D eigenvalue weighted by molar-refractivity contribution is -0.144. The molecule has 4 nitrogen and oxygen atoms in total. The summed E-state index contributed by atoms with van der Waals surface area (Å²) in [5.74, 6) is 0.0211. The van der Waals surface area contributed by atoms with Crippen LogP contribution in [0.15, 0.2) is 0 Å². The van der Waals surface area contributed by atoms with E-state index in [-0.39, 0.29) is 0 Å². The lowest BCUT2D eigenvalue weighted by Crippen LogP contribution is -2.53. The first-order valence-electron chi connectivity index (χ1n) is 7.09. The van der Waals surface area contributed by atoms with Crippen molar-refractivity contribution in [2.45, 2.75) is 58.0 Å². The summed E-state index contributed by atoms with van der Waals surface area (Å²) in [5.41, 5.74) is -0.821. The quantitative estimate of drug-likeness (QED) is 0.762. The van der Waals surface area contributed by atoms with E-state index in [4.69, 9.17) is 0 Å². The van der Waals surface area contributed by atoms with Gasteiger partial charge >= 0.3 is 5.97 Å². The molecular formula is C14H28N2O2. The molecule has 4 heteroatoms. The van der Waals surface area contributed by atoms with Gasteiger partial charge < -0.3 is 15.3 Å². The smallest absolute Gasteiger partial charge is 0.323 e. The van der Waals surface area contributed by atoms with Gasteiger partial charge in [-0.3, -0.25) is 4.79 Å². The highest BCUT2D eigenvalue weighted by atomic mass is 16.4. The first kappa shape index (κ1) is 15.4. The van der Waals surface area contributed by atoms with Gasteiger partial charge in [-0.25, -0.2) is 0 Å². The van der Waals surface area contributed by atoms with E-state index in [0.717, 1.165) is 19.0 Å². The Hall–Kier alpha value is -0.610. The summed E-state index contributed by atoms with van der Waals surface area (Å²) in [6.45, 7) is 8.39. The number of likely N-dealkylation sites (tertiary alicyclic amines) is 1. The Morgan fingerprint density at radius 2 is 2.28 bits per heavy atom. The third-order valence-electron chi connectivity index (χ3n) is 4.48. The zero-order valence-corrected chi connectivity index (χ0v) is 12.2. The standard InChI is InChI=1S/C14H28N2O2/c1-5-12-7-6-8-16(10-12)11(2)9-14(3,15-4)13(17)18/h11-12,15H,5-10H2,1-4H3,(H,17,18). The third-order valence-corrected chi connectivity index (χ3v) is 4.48. The number of nitrogens with zero attached hydrogens (tertiary/aromatic N) is 1. The van der Waals surface area contributed by atoms with Crippen molar-refractivity contribution < 1.29 is 9.90 Å². The van der Waals surface area contributed by atoms with E-state index in [2.05, 4.69) is 24.1 Å². The highest BCUT2D eigenvalue weighted by Crippen LogP contribution is 2.24. The summed E-state index contributed by atoms with van der Waals surface area (Å²) in [6.07, 6.45) is 4.44. The Kier molecular flexibility index (Phi) is 5.60.